The number of hydrogen-bond acceptors (Lipinski definition) is 8. The molecule has 0 amide bonds. The minimum absolute atomic E-state index is 0.0661. The van der Waals surface area contributed by atoms with Crippen molar-refractivity contribution in [2.24, 2.45) is 0 Å². The lowest BCUT2D eigenvalue weighted by Crippen LogP contribution is -2.23. The van der Waals surface area contributed by atoms with Crippen LogP contribution < -0.4 is 26.0 Å². The highest BCUT2D eigenvalue weighted by Gasteiger charge is 2.26. The Bertz CT molecular complexity index is 1950. The van der Waals surface area contributed by atoms with Crippen molar-refractivity contribution in [2.45, 2.75) is 0 Å². The second-order valence-corrected chi connectivity index (χ2v) is 11.7. The summed E-state index contributed by atoms with van der Waals surface area (Å²) < 4.78 is 19.3. The predicted octanol–water partition coefficient (Wildman–Crippen LogP) is 6.10. The number of nitrogens with zero attached hydrogens (tertiary/aromatic N) is 3. The number of aromatic nitrogens is 2. The number of rotatable bonds is 8. The maximum Gasteiger partial charge on any atom is 0.346 e. The van der Waals surface area contributed by atoms with Crippen LogP contribution in [0.5, 0.6) is 11.6 Å². The van der Waals surface area contributed by atoms with Crippen LogP contribution in [-0.4, -0.2) is 26.0 Å². The average Bonchev–Trinajstić information content (AvgIpc) is 3.04. The van der Waals surface area contributed by atoms with Gasteiger partial charge >= 0.3 is 5.97 Å². The number of hydrogen-bond donors (Lipinski definition) is 2. The number of esters is 1. The molecule has 0 atom stereocenters. The molecule has 0 radical (unpaired) electrons. The van der Waals surface area contributed by atoms with E-state index in [-0.39, 0.29) is 28.2 Å². The Kier molecular flexibility index (Phi) is 7.90. The zero-order valence-electron chi connectivity index (χ0n) is 22.8. The Labute approximate surface area is 251 Å². The summed E-state index contributed by atoms with van der Waals surface area (Å²) in [7, 11) is -1.15. The third kappa shape index (κ3) is 5.92. The molecule has 0 unspecified atom stereocenters. The third-order valence-electron chi connectivity index (χ3n) is 6.63. The van der Waals surface area contributed by atoms with Gasteiger partial charge in [-0.3, -0.25) is 10.1 Å². The Hall–Kier alpha value is -5.73. The van der Waals surface area contributed by atoms with Gasteiger partial charge in [-0.05, 0) is 48.9 Å². The molecule has 0 aliphatic carbocycles. The van der Waals surface area contributed by atoms with Gasteiger partial charge in [0, 0.05) is 23.1 Å². The summed E-state index contributed by atoms with van der Waals surface area (Å²) in [6.07, 6.45) is 0. The number of halogens is 1. The molecule has 5 aromatic carbocycles. The summed E-state index contributed by atoms with van der Waals surface area (Å²) in [6.45, 7) is 0. The summed E-state index contributed by atoms with van der Waals surface area (Å²) in [4.78, 5) is 33.3. The minimum Gasteiger partial charge on any atom is -0.493 e. The van der Waals surface area contributed by atoms with Gasteiger partial charge in [0.25, 0.3) is 5.69 Å². The van der Waals surface area contributed by atoms with Crippen molar-refractivity contribution in [1.82, 2.24) is 9.97 Å². The standard InChI is InChI=1S/C33H22FN4O5P/c34-21-15-17-22(18-16-21)35-33-36-30-26(31(39)37-33)19-23(38(41)42)20-27(30)32(40)43-28-13-7-8-14-29(28)44(24-9-3-1-4-10-24)25-11-5-2-6-12-25/h1-20H,(H2,35,36,37,39). The Morgan fingerprint density at radius 1 is 0.841 bits per heavy atom. The van der Waals surface area contributed by atoms with Crippen molar-refractivity contribution < 1.29 is 24.0 Å². The normalized spacial score (nSPS) is 11.0. The molecule has 0 aliphatic rings. The van der Waals surface area contributed by atoms with Gasteiger partial charge in [-0.1, -0.05) is 78.9 Å². The number of fused-ring (bicyclic) bond motifs is 1. The summed E-state index contributed by atoms with van der Waals surface area (Å²) in [5.74, 6) is -1.78. The van der Waals surface area contributed by atoms with E-state index in [1.54, 1.807) is 12.1 Å². The fourth-order valence-electron chi connectivity index (χ4n) is 4.65. The van der Waals surface area contributed by atoms with Crippen LogP contribution >= 0.6 is 7.92 Å². The van der Waals surface area contributed by atoms with Crippen LogP contribution in [0.3, 0.4) is 0 Å². The van der Waals surface area contributed by atoms with E-state index in [0.29, 0.717) is 5.69 Å². The van der Waals surface area contributed by atoms with Gasteiger partial charge in [-0.15, -0.1) is 0 Å². The molecule has 1 aromatic heterocycles. The molecule has 0 spiro atoms. The number of nitro groups is 1. The van der Waals surface area contributed by atoms with Crippen LogP contribution in [0.25, 0.3) is 10.9 Å². The molecule has 0 fully saturated rings. The van der Waals surface area contributed by atoms with E-state index in [0.717, 1.165) is 28.0 Å². The Balaban J connectivity index is 1.44. The predicted molar refractivity (Wildman–Crippen MR) is 168 cm³/mol. The first-order chi connectivity index (χ1) is 21.4. The van der Waals surface area contributed by atoms with Crippen molar-refractivity contribution in [3.63, 3.8) is 0 Å². The van der Waals surface area contributed by atoms with Gasteiger partial charge in [0.05, 0.1) is 21.4 Å². The molecule has 0 saturated carbocycles. The van der Waals surface area contributed by atoms with Crippen molar-refractivity contribution in [2.75, 3.05) is 5.32 Å². The molecular weight excluding hydrogens is 582 g/mol. The van der Waals surface area contributed by atoms with Gasteiger partial charge in [0.2, 0.25) is 11.8 Å². The van der Waals surface area contributed by atoms with Gasteiger partial charge in [-0.25, -0.2) is 14.2 Å². The van der Waals surface area contributed by atoms with E-state index in [1.807, 2.05) is 72.8 Å². The van der Waals surface area contributed by atoms with E-state index < -0.39 is 36.2 Å². The molecule has 0 bridgehead atoms. The number of carbonyl (C=O) groups is 1. The zero-order chi connectivity index (χ0) is 30.6. The van der Waals surface area contributed by atoms with Gasteiger partial charge < -0.3 is 15.2 Å². The monoisotopic (exact) mass is 604 g/mol. The van der Waals surface area contributed by atoms with Crippen LogP contribution in [0.1, 0.15) is 10.4 Å². The van der Waals surface area contributed by atoms with Crippen molar-refractivity contribution in [1.29, 1.82) is 0 Å². The van der Waals surface area contributed by atoms with Crippen molar-refractivity contribution >= 4 is 58.0 Å². The number of anilines is 2. The zero-order valence-corrected chi connectivity index (χ0v) is 23.7. The highest BCUT2D eigenvalue weighted by Crippen LogP contribution is 2.37. The summed E-state index contributed by atoms with van der Waals surface area (Å²) in [5.41, 5.74) is -0.344. The fraction of sp³-hybridized carbons (Fsp3) is 0. The van der Waals surface area contributed by atoms with Crippen molar-refractivity contribution in [3.8, 4) is 11.6 Å². The number of benzene rings is 5. The van der Waals surface area contributed by atoms with Crippen LogP contribution in [0.15, 0.2) is 121 Å². The van der Waals surface area contributed by atoms with E-state index in [2.05, 4.69) is 15.3 Å². The molecule has 216 valence electrons. The van der Waals surface area contributed by atoms with Crippen molar-refractivity contribution in [3.05, 3.63) is 143 Å². The maximum absolute atomic E-state index is 13.8. The summed E-state index contributed by atoms with van der Waals surface area (Å²) >= 11 is 0. The largest absolute Gasteiger partial charge is 0.493 e. The van der Waals surface area contributed by atoms with Crippen LogP contribution in [0.4, 0.5) is 21.7 Å². The van der Waals surface area contributed by atoms with Gasteiger partial charge in [0.1, 0.15) is 11.6 Å². The molecule has 2 N–H and O–H groups in total. The molecular formula is C33H22FN4O5P. The molecule has 9 nitrogen and oxygen atoms in total. The first-order valence-electron chi connectivity index (χ1n) is 13.3. The second-order valence-electron chi connectivity index (χ2n) is 9.51. The Morgan fingerprint density at radius 3 is 2.09 bits per heavy atom. The SMILES string of the molecule is O=C(Oc1ccccc1P(c1ccccc1)c1ccccc1)c1cc([N+](=O)[O-])cc2c(O)nc(Nc3ccc(F)cc3)nc12. The van der Waals surface area contributed by atoms with Crippen LogP contribution in [-0.2, 0) is 0 Å². The Morgan fingerprint density at radius 2 is 1.45 bits per heavy atom. The van der Waals surface area contributed by atoms with Gasteiger partial charge in [0.15, 0.2) is 0 Å². The number of ether oxygens (including phenoxy) is 1. The lowest BCUT2D eigenvalue weighted by Gasteiger charge is -2.21. The lowest BCUT2D eigenvalue weighted by molar-refractivity contribution is -0.384. The molecule has 0 aliphatic heterocycles. The first kappa shape index (κ1) is 28.4. The average molecular weight is 605 g/mol. The highest BCUT2D eigenvalue weighted by atomic mass is 31.1. The summed E-state index contributed by atoms with van der Waals surface area (Å²) in [6, 6.07) is 34.3. The first-order valence-corrected chi connectivity index (χ1v) is 14.6. The van der Waals surface area contributed by atoms with E-state index >= 15 is 0 Å². The molecule has 6 rings (SSSR count). The number of nitrogens with one attached hydrogen (secondary N) is 1. The van der Waals surface area contributed by atoms with E-state index in [9.17, 15) is 24.4 Å². The number of carbonyl (C=O) groups excluding carboxylic acids is 1. The molecule has 6 aromatic rings. The quantitative estimate of drug-likeness (QED) is 0.0701. The van der Waals surface area contributed by atoms with Crippen LogP contribution in [0.2, 0.25) is 0 Å². The second kappa shape index (κ2) is 12.2. The molecule has 11 heteroatoms. The molecule has 0 saturated heterocycles. The third-order valence-corrected chi connectivity index (χ3v) is 9.11. The van der Waals surface area contributed by atoms with Gasteiger partial charge in [-0.2, -0.15) is 4.98 Å². The molecule has 1 heterocycles. The molecule has 44 heavy (non-hydrogen) atoms. The number of nitro benzene ring substituents is 1. The maximum atomic E-state index is 13.8. The number of non-ortho nitro benzene ring substituents is 1. The van der Waals surface area contributed by atoms with Crippen LogP contribution in [0, 0.1) is 15.9 Å². The number of aromatic hydroxyl groups is 1. The van der Waals surface area contributed by atoms with E-state index in [1.165, 1.54) is 24.3 Å². The highest BCUT2D eigenvalue weighted by molar-refractivity contribution is 7.80. The minimum atomic E-state index is -1.15. The smallest absolute Gasteiger partial charge is 0.346 e. The fourth-order valence-corrected chi connectivity index (χ4v) is 7.02. The van der Waals surface area contributed by atoms with E-state index in [4.69, 9.17) is 4.74 Å². The lowest BCUT2D eigenvalue weighted by atomic mass is 10.1. The topological polar surface area (TPSA) is 127 Å². The summed E-state index contributed by atoms with van der Waals surface area (Å²) in [5, 5.41) is 28.1. The number of para-hydroxylation sites is 1.